The summed E-state index contributed by atoms with van der Waals surface area (Å²) in [7, 11) is -4.05. The van der Waals surface area contributed by atoms with Crippen LogP contribution in [0.4, 0.5) is 15.8 Å². The highest BCUT2D eigenvalue weighted by Crippen LogP contribution is 2.29. The molecule has 3 N–H and O–H groups in total. The quantitative estimate of drug-likeness (QED) is 0.658. The molecule has 1 aromatic carbocycles. The number of pyridine rings is 1. The number of hydrogen-bond donors (Lipinski definition) is 2. The second kappa shape index (κ2) is 5.67. The lowest BCUT2D eigenvalue weighted by molar-refractivity contribution is 0.595. The molecule has 0 radical (unpaired) electrons. The largest absolute Gasteiger partial charge is 0.399 e. The van der Waals surface area contributed by atoms with Crippen LogP contribution in [0.15, 0.2) is 29.2 Å². The van der Waals surface area contributed by atoms with E-state index in [2.05, 4.69) is 9.71 Å². The third kappa shape index (κ3) is 3.55. The molecule has 0 unspecified atom stereocenters. The van der Waals surface area contributed by atoms with Gasteiger partial charge in [0.25, 0.3) is 10.0 Å². The molecular weight excluding hydrogens is 340 g/mol. The van der Waals surface area contributed by atoms with E-state index in [1.165, 1.54) is 6.07 Å². The van der Waals surface area contributed by atoms with Crippen molar-refractivity contribution < 1.29 is 12.8 Å². The van der Waals surface area contributed by atoms with Gasteiger partial charge in [0.05, 0.1) is 10.6 Å². The number of nitrogens with zero attached hydrogens (tertiary/aromatic N) is 1. The molecule has 5 nitrogen and oxygen atoms in total. The summed E-state index contributed by atoms with van der Waals surface area (Å²) in [4.78, 5) is 3.44. The van der Waals surface area contributed by atoms with Crippen LogP contribution in [-0.4, -0.2) is 13.4 Å². The fourth-order valence-corrected chi connectivity index (χ4v) is 3.49. The molecule has 0 spiro atoms. The Kier molecular flexibility index (Phi) is 4.27. The van der Waals surface area contributed by atoms with E-state index >= 15 is 0 Å². The van der Waals surface area contributed by atoms with Crippen molar-refractivity contribution in [2.24, 2.45) is 0 Å². The Morgan fingerprint density at radius 1 is 1.24 bits per heavy atom. The molecule has 0 aliphatic carbocycles. The lowest BCUT2D eigenvalue weighted by Crippen LogP contribution is -2.15. The van der Waals surface area contributed by atoms with Crippen LogP contribution in [0.1, 0.15) is 5.56 Å². The van der Waals surface area contributed by atoms with Gasteiger partial charge in [0.1, 0.15) is 11.0 Å². The molecule has 0 atom stereocenters. The van der Waals surface area contributed by atoms with Crippen molar-refractivity contribution in [3.8, 4) is 0 Å². The highest BCUT2D eigenvalue weighted by atomic mass is 35.5. The molecule has 0 aliphatic heterocycles. The number of benzene rings is 1. The molecule has 0 aliphatic rings. The average Bonchev–Trinajstić information content (AvgIpc) is 2.32. The first-order valence-corrected chi connectivity index (χ1v) is 7.84. The second-order valence-corrected chi connectivity index (χ2v) is 6.68. The Labute approximate surface area is 130 Å². The maximum atomic E-state index is 13.3. The molecule has 0 fully saturated rings. The lowest BCUT2D eigenvalue weighted by atomic mass is 10.3. The smallest absolute Gasteiger partial charge is 0.262 e. The fraction of sp³-hybridized carbons (Fsp3) is 0.0833. The number of rotatable bonds is 3. The fourth-order valence-electron chi connectivity index (χ4n) is 1.65. The number of nitrogens with two attached hydrogens (primary N) is 1. The summed E-state index contributed by atoms with van der Waals surface area (Å²) in [6.45, 7) is 1.61. The third-order valence-electron chi connectivity index (χ3n) is 2.58. The predicted octanol–water partition coefficient (Wildman–Crippen LogP) is 3.22. The van der Waals surface area contributed by atoms with Gasteiger partial charge in [-0.3, -0.25) is 4.72 Å². The second-order valence-electron chi connectivity index (χ2n) is 4.25. The normalized spacial score (nSPS) is 11.4. The minimum absolute atomic E-state index is 0.00701. The van der Waals surface area contributed by atoms with E-state index in [1.54, 1.807) is 6.92 Å². The molecule has 2 rings (SSSR count). The molecule has 21 heavy (non-hydrogen) atoms. The molecule has 9 heteroatoms. The SMILES string of the molecule is Cc1cc(Cl)nc(Cl)c1NS(=O)(=O)c1cc(N)cc(F)c1. The van der Waals surface area contributed by atoms with Gasteiger partial charge in [-0.05, 0) is 36.8 Å². The van der Waals surface area contributed by atoms with Crippen LogP contribution in [0, 0.1) is 12.7 Å². The van der Waals surface area contributed by atoms with Crippen molar-refractivity contribution in [3.63, 3.8) is 0 Å². The average molecular weight is 350 g/mol. The van der Waals surface area contributed by atoms with Crippen LogP contribution in [0.2, 0.25) is 10.3 Å². The van der Waals surface area contributed by atoms with E-state index < -0.39 is 15.8 Å². The summed E-state index contributed by atoms with van der Waals surface area (Å²) < 4.78 is 40.0. The van der Waals surface area contributed by atoms with E-state index in [0.717, 1.165) is 18.2 Å². The van der Waals surface area contributed by atoms with E-state index in [9.17, 15) is 12.8 Å². The highest BCUT2D eigenvalue weighted by Gasteiger charge is 2.19. The summed E-state index contributed by atoms with van der Waals surface area (Å²) >= 11 is 11.6. The van der Waals surface area contributed by atoms with Gasteiger partial charge >= 0.3 is 0 Å². The van der Waals surface area contributed by atoms with Crippen LogP contribution in [0.5, 0.6) is 0 Å². The highest BCUT2D eigenvalue weighted by molar-refractivity contribution is 7.92. The van der Waals surface area contributed by atoms with Gasteiger partial charge in [-0.1, -0.05) is 23.2 Å². The van der Waals surface area contributed by atoms with Crippen molar-refractivity contribution >= 4 is 44.6 Å². The zero-order valence-electron chi connectivity index (χ0n) is 10.7. The molecule has 1 aromatic heterocycles. The van der Waals surface area contributed by atoms with Gasteiger partial charge in [-0.15, -0.1) is 0 Å². The van der Waals surface area contributed by atoms with Gasteiger partial charge < -0.3 is 5.73 Å². The van der Waals surface area contributed by atoms with E-state index in [1.807, 2.05) is 0 Å². The Morgan fingerprint density at radius 3 is 2.48 bits per heavy atom. The topological polar surface area (TPSA) is 85.1 Å². The first-order chi connectivity index (χ1) is 9.69. The van der Waals surface area contributed by atoms with Gasteiger partial charge in [-0.25, -0.2) is 17.8 Å². The van der Waals surface area contributed by atoms with Crippen LogP contribution >= 0.6 is 23.2 Å². The number of aryl methyl sites for hydroxylation is 1. The maximum absolute atomic E-state index is 13.3. The molecule has 112 valence electrons. The minimum Gasteiger partial charge on any atom is -0.399 e. The van der Waals surface area contributed by atoms with Crippen molar-refractivity contribution in [2.75, 3.05) is 10.5 Å². The Balaban J connectivity index is 2.47. The predicted molar refractivity (Wildman–Crippen MR) is 80.6 cm³/mol. The number of aromatic nitrogens is 1. The Hall–Kier alpha value is -1.57. The summed E-state index contributed by atoms with van der Waals surface area (Å²) in [5, 5.41) is 0.0309. The van der Waals surface area contributed by atoms with Crippen LogP contribution in [0.3, 0.4) is 0 Å². The number of anilines is 2. The molecule has 0 saturated carbocycles. The minimum atomic E-state index is -4.05. The lowest BCUT2D eigenvalue weighted by Gasteiger charge is -2.12. The van der Waals surface area contributed by atoms with Crippen molar-refractivity contribution in [3.05, 3.63) is 46.0 Å². The first-order valence-electron chi connectivity index (χ1n) is 5.60. The molecule has 0 amide bonds. The van der Waals surface area contributed by atoms with Gasteiger partial charge in [0.15, 0.2) is 5.15 Å². The third-order valence-corrected chi connectivity index (χ3v) is 4.38. The van der Waals surface area contributed by atoms with Gasteiger partial charge in [0.2, 0.25) is 0 Å². The molecule has 0 saturated heterocycles. The monoisotopic (exact) mass is 349 g/mol. The van der Waals surface area contributed by atoms with Crippen molar-refractivity contribution in [2.45, 2.75) is 11.8 Å². The van der Waals surface area contributed by atoms with Crippen molar-refractivity contribution in [1.29, 1.82) is 0 Å². The first kappa shape index (κ1) is 15.8. The van der Waals surface area contributed by atoms with Gasteiger partial charge in [-0.2, -0.15) is 0 Å². The number of hydrogen-bond acceptors (Lipinski definition) is 4. The summed E-state index contributed by atoms with van der Waals surface area (Å²) in [6, 6.07) is 4.45. The van der Waals surface area contributed by atoms with E-state index in [4.69, 9.17) is 28.9 Å². The van der Waals surface area contributed by atoms with E-state index in [-0.39, 0.29) is 26.6 Å². The van der Waals surface area contributed by atoms with Crippen LogP contribution in [0.25, 0.3) is 0 Å². The van der Waals surface area contributed by atoms with Crippen molar-refractivity contribution in [1.82, 2.24) is 4.98 Å². The standard InChI is InChI=1S/C12H10Cl2FN3O2S/c1-6-2-10(13)17-12(14)11(6)18-21(19,20)9-4-7(15)3-8(16)5-9/h2-5,18H,16H2,1H3. The molecule has 0 bridgehead atoms. The van der Waals surface area contributed by atoms with E-state index in [0.29, 0.717) is 5.56 Å². The van der Waals surface area contributed by atoms with Crippen LogP contribution in [-0.2, 0) is 10.0 Å². The summed E-state index contributed by atoms with van der Waals surface area (Å²) in [6.07, 6.45) is 0. The Bertz CT molecular complexity index is 769. The van der Waals surface area contributed by atoms with Gasteiger partial charge in [0, 0.05) is 5.69 Å². The Morgan fingerprint density at radius 2 is 1.90 bits per heavy atom. The number of nitrogens with one attached hydrogen (secondary N) is 1. The molecule has 1 heterocycles. The van der Waals surface area contributed by atoms with Crippen LogP contribution < -0.4 is 10.5 Å². The summed E-state index contributed by atoms with van der Waals surface area (Å²) in [5.41, 5.74) is 5.99. The number of nitrogen functional groups attached to an aromatic ring is 1. The molecule has 2 aromatic rings. The zero-order valence-corrected chi connectivity index (χ0v) is 13.0. The number of sulfonamides is 1. The summed E-state index contributed by atoms with van der Waals surface area (Å²) in [5.74, 6) is -0.757. The number of halogens is 3. The molecular formula is C12H10Cl2FN3O2S. The maximum Gasteiger partial charge on any atom is 0.262 e. The zero-order chi connectivity index (χ0) is 15.8.